The molecule has 1 amide bonds. The Kier molecular flexibility index (Phi) is 4.55. The quantitative estimate of drug-likeness (QED) is 0.883. The lowest BCUT2D eigenvalue weighted by Gasteiger charge is -2.06. The van der Waals surface area contributed by atoms with Gasteiger partial charge in [-0.3, -0.25) is 4.79 Å². The molecule has 0 saturated heterocycles. The summed E-state index contributed by atoms with van der Waals surface area (Å²) in [5, 5.41) is 5.54. The lowest BCUT2D eigenvalue weighted by atomic mass is 10.3. The van der Waals surface area contributed by atoms with Crippen molar-refractivity contribution in [2.75, 3.05) is 18.9 Å². The Morgan fingerprint density at radius 2 is 2.27 bits per heavy atom. The highest BCUT2D eigenvalue weighted by atomic mass is 79.9. The first kappa shape index (κ1) is 12.0. The van der Waals surface area contributed by atoms with Gasteiger partial charge in [0.15, 0.2) is 0 Å². The summed E-state index contributed by atoms with van der Waals surface area (Å²) < 4.78 is 13.3. The third-order valence-corrected chi connectivity index (χ3v) is 2.49. The maximum atomic E-state index is 12.9. The van der Waals surface area contributed by atoms with Crippen molar-refractivity contribution < 1.29 is 9.18 Å². The van der Waals surface area contributed by atoms with Crippen LogP contribution in [-0.2, 0) is 4.79 Å². The van der Waals surface area contributed by atoms with Gasteiger partial charge in [-0.15, -0.1) is 0 Å². The van der Waals surface area contributed by atoms with Crippen molar-refractivity contribution in [1.29, 1.82) is 0 Å². The molecule has 0 aliphatic carbocycles. The van der Waals surface area contributed by atoms with E-state index < -0.39 is 0 Å². The first-order chi connectivity index (χ1) is 7.13. The number of nitrogens with one attached hydrogen (secondary N) is 2. The molecule has 0 bridgehead atoms. The van der Waals surface area contributed by atoms with Crippen LogP contribution >= 0.6 is 15.9 Å². The summed E-state index contributed by atoms with van der Waals surface area (Å²) >= 11 is 3.09. The summed E-state index contributed by atoms with van der Waals surface area (Å²) in [5.74, 6) is -0.324. The number of carbonyl (C=O) groups is 1. The fourth-order valence-electron chi connectivity index (χ4n) is 1.05. The van der Waals surface area contributed by atoms with Crippen LogP contribution in [-0.4, -0.2) is 19.5 Å². The van der Waals surface area contributed by atoms with Crippen LogP contribution in [0.25, 0.3) is 0 Å². The van der Waals surface area contributed by atoms with Crippen LogP contribution in [0.15, 0.2) is 22.7 Å². The molecule has 0 heterocycles. The maximum absolute atomic E-state index is 12.9. The van der Waals surface area contributed by atoms with Gasteiger partial charge in [-0.1, -0.05) is 0 Å². The molecule has 0 atom stereocenters. The van der Waals surface area contributed by atoms with E-state index in [4.69, 9.17) is 0 Å². The van der Waals surface area contributed by atoms with Crippen LogP contribution in [0.2, 0.25) is 0 Å². The molecule has 82 valence electrons. The molecular formula is C10H12BrFN2O. The number of rotatable bonds is 4. The minimum absolute atomic E-state index is 0.0244. The fraction of sp³-hybridized carbons (Fsp3) is 0.300. The second-order valence-corrected chi connectivity index (χ2v) is 3.83. The third kappa shape index (κ3) is 3.87. The Balaban J connectivity index is 2.44. The van der Waals surface area contributed by atoms with Crippen molar-refractivity contribution >= 4 is 27.5 Å². The Morgan fingerprint density at radius 3 is 2.87 bits per heavy atom. The summed E-state index contributed by atoms with van der Waals surface area (Å²) in [5.41, 5.74) is 0.784. The lowest BCUT2D eigenvalue weighted by molar-refractivity contribution is -0.120. The molecule has 1 aromatic rings. The Morgan fingerprint density at radius 1 is 1.53 bits per heavy atom. The number of halogens is 2. The highest BCUT2D eigenvalue weighted by molar-refractivity contribution is 9.10. The zero-order valence-corrected chi connectivity index (χ0v) is 9.90. The number of amides is 1. The van der Waals surface area contributed by atoms with E-state index in [9.17, 15) is 9.18 Å². The van der Waals surface area contributed by atoms with Crippen LogP contribution in [0.5, 0.6) is 0 Å². The summed E-state index contributed by atoms with van der Waals surface area (Å²) in [6.45, 7) is 0.526. The van der Waals surface area contributed by atoms with Crippen LogP contribution in [0.4, 0.5) is 10.1 Å². The number of hydrogen-bond donors (Lipinski definition) is 2. The van der Waals surface area contributed by atoms with Crippen LogP contribution in [0, 0.1) is 5.82 Å². The Labute approximate surface area is 96.2 Å². The molecule has 1 aromatic carbocycles. The Hall–Kier alpha value is -1.10. The first-order valence-electron chi connectivity index (χ1n) is 4.53. The molecule has 0 aliphatic rings. The predicted octanol–water partition coefficient (Wildman–Crippen LogP) is 2.14. The van der Waals surface area contributed by atoms with E-state index in [1.165, 1.54) is 6.07 Å². The number of anilines is 1. The van der Waals surface area contributed by atoms with E-state index in [-0.39, 0.29) is 11.7 Å². The molecule has 0 saturated carbocycles. The largest absolute Gasteiger partial charge is 0.384 e. The van der Waals surface area contributed by atoms with Gasteiger partial charge in [0.25, 0.3) is 0 Å². The van der Waals surface area contributed by atoms with Crippen molar-refractivity contribution in [3.8, 4) is 0 Å². The van der Waals surface area contributed by atoms with E-state index in [0.717, 1.165) is 5.69 Å². The van der Waals surface area contributed by atoms with Gasteiger partial charge in [-0.25, -0.2) is 4.39 Å². The summed E-state index contributed by atoms with van der Waals surface area (Å²) in [7, 11) is 1.59. The van der Waals surface area contributed by atoms with E-state index >= 15 is 0 Å². The van der Waals surface area contributed by atoms with E-state index in [2.05, 4.69) is 26.6 Å². The second kappa shape index (κ2) is 5.70. The summed E-state index contributed by atoms with van der Waals surface area (Å²) in [4.78, 5) is 10.9. The molecule has 2 N–H and O–H groups in total. The van der Waals surface area contributed by atoms with E-state index in [1.807, 2.05) is 0 Å². The SMILES string of the molecule is CNC(=O)CCNc1ccc(F)c(Br)c1. The fourth-order valence-corrected chi connectivity index (χ4v) is 1.43. The third-order valence-electron chi connectivity index (χ3n) is 1.88. The lowest BCUT2D eigenvalue weighted by Crippen LogP contribution is -2.20. The van der Waals surface area contributed by atoms with Crippen molar-refractivity contribution in [2.45, 2.75) is 6.42 Å². The molecule has 5 heteroatoms. The number of benzene rings is 1. The van der Waals surface area contributed by atoms with Gasteiger partial charge in [0, 0.05) is 25.7 Å². The minimum Gasteiger partial charge on any atom is -0.384 e. The molecule has 1 rings (SSSR count). The zero-order valence-electron chi connectivity index (χ0n) is 8.31. The highest BCUT2D eigenvalue weighted by Gasteiger charge is 2.01. The van der Waals surface area contributed by atoms with Gasteiger partial charge in [-0.05, 0) is 34.1 Å². The van der Waals surface area contributed by atoms with Crippen molar-refractivity contribution in [2.24, 2.45) is 0 Å². The summed E-state index contributed by atoms with van der Waals surface area (Å²) in [6, 6.07) is 4.63. The van der Waals surface area contributed by atoms with Gasteiger partial charge in [0.2, 0.25) is 5.91 Å². The first-order valence-corrected chi connectivity index (χ1v) is 5.32. The molecule has 0 spiro atoms. The van der Waals surface area contributed by atoms with Gasteiger partial charge in [0.05, 0.1) is 4.47 Å². The molecule has 0 radical (unpaired) electrons. The van der Waals surface area contributed by atoms with Gasteiger partial charge >= 0.3 is 0 Å². The molecule has 3 nitrogen and oxygen atoms in total. The van der Waals surface area contributed by atoms with E-state index in [1.54, 1.807) is 19.2 Å². The van der Waals surface area contributed by atoms with Crippen LogP contribution in [0.3, 0.4) is 0 Å². The normalized spacial score (nSPS) is 9.80. The standard InChI is InChI=1S/C10H12BrFN2O/c1-13-10(15)4-5-14-7-2-3-9(12)8(11)6-7/h2-3,6,14H,4-5H2,1H3,(H,13,15). The number of carbonyl (C=O) groups excluding carboxylic acids is 1. The molecule has 0 fully saturated rings. The van der Waals surface area contributed by atoms with E-state index in [0.29, 0.717) is 17.4 Å². The average Bonchev–Trinajstić information content (AvgIpc) is 2.23. The smallest absolute Gasteiger partial charge is 0.221 e. The van der Waals surface area contributed by atoms with Crippen LogP contribution < -0.4 is 10.6 Å². The highest BCUT2D eigenvalue weighted by Crippen LogP contribution is 2.19. The Bertz CT molecular complexity index is 357. The molecule has 0 unspecified atom stereocenters. The van der Waals surface area contributed by atoms with Gasteiger partial charge in [-0.2, -0.15) is 0 Å². The van der Waals surface area contributed by atoms with Crippen LogP contribution in [0.1, 0.15) is 6.42 Å². The summed E-state index contributed by atoms with van der Waals surface area (Å²) in [6.07, 6.45) is 0.394. The second-order valence-electron chi connectivity index (χ2n) is 2.98. The van der Waals surface area contributed by atoms with Crippen molar-refractivity contribution in [1.82, 2.24) is 5.32 Å². The monoisotopic (exact) mass is 274 g/mol. The number of hydrogen-bond acceptors (Lipinski definition) is 2. The molecule has 15 heavy (non-hydrogen) atoms. The predicted molar refractivity (Wildman–Crippen MR) is 61.3 cm³/mol. The molecule has 0 aliphatic heterocycles. The van der Waals surface area contributed by atoms with Gasteiger partial charge in [0.1, 0.15) is 5.82 Å². The molecular weight excluding hydrogens is 263 g/mol. The topological polar surface area (TPSA) is 41.1 Å². The zero-order chi connectivity index (χ0) is 11.3. The van der Waals surface area contributed by atoms with Crippen molar-refractivity contribution in [3.63, 3.8) is 0 Å². The molecule has 0 aromatic heterocycles. The van der Waals surface area contributed by atoms with Crippen molar-refractivity contribution in [3.05, 3.63) is 28.5 Å². The van der Waals surface area contributed by atoms with Gasteiger partial charge < -0.3 is 10.6 Å². The average molecular weight is 275 g/mol. The maximum Gasteiger partial charge on any atom is 0.221 e. The minimum atomic E-state index is -0.299.